The summed E-state index contributed by atoms with van der Waals surface area (Å²) in [6.07, 6.45) is 0. The maximum atomic E-state index is 12.3. The largest absolute Gasteiger partial charge is 0.383 e. The van der Waals surface area contributed by atoms with Crippen molar-refractivity contribution in [2.75, 3.05) is 24.8 Å². The van der Waals surface area contributed by atoms with Crippen molar-refractivity contribution in [3.05, 3.63) is 43.2 Å². The van der Waals surface area contributed by atoms with Gasteiger partial charge in [0.1, 0.15) is 5.69 Å². The number of benzene rings is 1. The zero-order chi connectivity index (χ0) is 16.0. The second kappa shape index (κ2) is 4.58. The third kappa shape index (κ3) is 1.65. The Bertz CT molecular complexity index is 1030. The van der Waals surface area contributed by atoms with Crippen LogP contribution in [0.2, 0.25) is 0 Å². The molecule has 3 N–H and O–H groups in total. The molecule has 3 rings (SSSR count). The molecule has 0 saturated carbocycles. The van der Waals surface area contributed by atoms with Crippen LogP contribution in [0.5, 0.6) is 0 Å². The summed E-state index contributed by atoms with van der Waals surface area (Å²) >= 11 is 0. The molecule has 1 aromatic carbocycles. The normalized spacial score (nSPS) is 11.0. The van der Waals surface area contributed by atoms with Crippen molar-refractivity contribution in [2.45, 2.75) is 0 Å². The molecular formula is C11H11N7O4. The summed E-state index contributed by atoms with van der Waals surface area (Å²) in [5.74, 6) is 0. The number of nitrogens with zero attached hydrogens (tertiary/aromatic N) is 4. The second-order valence-electron chi connectivity index (χ2n) is 4.42. The number of aromatic amines is 1. The third-order valence-electron chi connectivity index (χ3n) is 3.34. The van der Waals surface area contributed by atoms with E-state index in [-0.39, 0.29) is 22.5 Å². The van der Waals surface area contributed by atoms with Crippen molar-refractivity contribution in [3.63, 3.8) is 0 Å². The Balaban J connectivity index is 2.63. The van der Waals surface area contributed by atoms with Crippen LogP contribution >= 0.6 is 0 Å². The molecule has 0 amide bonds. The summed E-state index contributed by atoms with van der Waals surface area (Å²) in [5.41, 5.74) is 1.62. The Morgan fingerprint density at radius 2 is 2.05 bits per heavy atom. The smallest absolute Gasteiger partial charge is 0.357 e. The van der Waals surface area contributed by atoms with E-state index in [0.717, 1.165) is 9.08 Å². The molecule has 114 valence electrons. The molecule has 0 aliphatic rings. The minimum atomic E-state index is -0.699. The molecular weight excluding hydrogens is 294 g/mol. The number of anilines is 1. The Kier molecular flexibility index (Phi) is 2.83. The average molecular weight is 305 g/mol. The van der Waals surface area contributed by atoms with Gasteiger partial charge < -0.3 is 10.7 Å². The molecule has 2 heterocycles. The lowest BCUT2D eigenvalue weighted by atomic mass is 10.2. The van der Waals surface area contributed by atoms with Gasteiger partial charge in [-0.2, -0.15) is 9.50 Å². The third-order valence-corrected chi connectivity index (χ3v) is 3.34. The molecule has 0 saturated heterocycles. The van der Waals surface area contributed by atoms with Gasteiger partial charge in [-0.15, -0.1) is 0 Å². The first-order chi connectivity index (χ1) is 10.5. The summed E-state index contributed by atoms with van der Waals surface area (Å²) in [6, 6.07) is 2.72. The maximum Gasteiger partial charge on any atom is 0.357 e. The van der Waals surface area contributed by atoms with E-state index in [1.165, 1.54) is 26.2 Å². The van der Waals surface area contributed by atoms with E-state index in [9.17, 15) is 19.7 Å². The van der Waals surface area contributed by atoms with Gasteiger partial charge in [0.15, 0.2) is 5.65 Å². The highest BCUT2D eigenvalue weighted by molar-refractivity contribution is 5.96. The quantitative estimate of drug-likeness (QED) is 0.436. The number of fused-ring (bicyclic) bond motifs is 3. The van der Waals surface area contributed by atoms with Crippen molar-refractivity contribution >= 4 is 27.9 Å². The van der Waals surface area contributed by atoms with Gasteiger partial charge in [-0.25, -0.2) is 19.4 Å². The molecule has 0 radical (unpaired) electrons. The lowest BCUT2D eigenvalue weighted by Gasteiger charge is -2.11. The fourth-order valence-corrected chi connectivity index (χ4v) is 2.37. The van der Waals surface area contributed by atoms with Crippen LogP contribution in [-0.2, 0) is 0 Å². The van der Waals surface area contributed by atoms with Crippen molar-refractivity contribution in [2.24, 2.45) is 0 Å². The van der Waals surface area contributed by atoms with Gasteiger partial charge in [-0.3, -0.25) is 10.1 Å². The van der Waals surface area contributed by atoms with Crippen LogP contribution in [0.1, 0.15) is 0 Å². The Hall–Kier alpha value is -3.37. The van der Waals surface area contributed by atoms with Crippen molar-refractivity contribution in [3.8, 4) is 0 Å². The number of rotatable bonds is 3. The fraction of sp³-hybridized carbons (Fsp3) is 0.182. The first-order valence-electron chi connectivity index (χ1n) is 6.19. The average Bonchev–Trinajstić information content (AvgIpc) is 2.89. The molecule has 22 heavy (non-hydrogen) atoms. The Morgan fingerprint density at radius 1 is 1.32 bits per heavy atom. The van der Waals surface area contributed by atoms with E-state index in [4.69, 9.17) is 0 Å². The first-order valence-corrected chi connectivity index (χ1v) is 6.19. The summed E-state index contributed by atoms with van der Waals surface area (Å²) < 4.78 is 1.90. The van der Waals surface area contributed by atoms with E-state index in [1.54, 1.807) is 0 Å². The number of hydrogen-bond acceptors (Lipinski definition) is 7. The number of aromatic nitrogens is 4. The highest BCUT2D eigenvalue weighted by atomic mass is 16.6. The van der Waals surface area contributed by atoms with Crippen LogP contribution in [0.25, 0.3) is 16.6 Å². The first kappa shape index (κ1) is 13.6. The minimum Gasteiger partial charge on any atom is -0.383 e. The van der Waals surface area contributed by atoms with Gasteiger partial charge in [0, 0.05) is 25.5 Å². The van der Waals surface area contributed by atoms with Crippen LogP contribution in [-0.4, -0.2) is 38.3 Å². The summed E-state index contributed by atoms with van der Waals surface area (Å²) in [6.45, 7) is 0. The lowest BCUT2D eigenvalue weighted by molar-refractivity contribution is -0.383. The number of nitro benzene ring substituents is 1. The minimum absolute atomic E-state index is 0.0999. The molecule has 11 nitrogen and oxygen atoms in total. The number of H-pyrrole nitrogens is 1. The number of nitro groups is 1. The van der Waals surface area contributed by atoms with Crippen LogP contribution in [0.3, 0.4) is 0 Å². The summed E-state index contributed by atoms with van der Waals surface area (Å²) in [7, 11) is 3.01. The van der Waals surface area contributed by atoms with E-state index in [1.807, 2.05) is 0 Å². The molecule has 11 heteroatoms. The van der Waals surface area contributed by atoms with Crippen LogP contribution in [0.4, 0.5) is 11.4 Å². The highest BCUT2D eigenvalue weighted by Gasteiger charge is 2.20. The van der Waals surface area contributed by atoms with Gasteiger partial charge in [0.25, 0.3) is 5.69 Å². The molecule has 0 fully saturated rings. The van der Waals surface area contributed by atoms with Crippen LogP contribution < -0.4 is 22.1 Å². The molecule has 0 aliphatic carbocycles. The molecule has 0 aliphatic heterocycles. The van der Waals surface area contributed by atoms with E-state index >= 15 is 0 Å². The maximum absolute atomic E-state index is 12.3. The van der Waals surface area contributed by atoms with Crippen molar-refractivity contribution in [1.29, 1.82) is 0 Å². The van der Waals surface area contributed by atoms with Crippen LogP contribution in [0.15, 0.2) is 21.7 Å². The molecule has 0 spiro atoms. The van der Waals surface area contributed by atoms with E-state index in [0.29, 0.717) is 5.39 Å². The zero-order valence-corrected chi connectivity index (χ0v) is 11.6. The Morgan fingerprint density at radius 3 is 2.64 bits per heavy atom. The predicted octanol–water partition coefficient (Wildman–Crippen LogP) is -0.539. The van der Waals surface area contributed by atoms with Crippen molar-refractivity contribution < 1.29 is 4.92 Å². The van der Waals surface area contributed by atoms with E-state index < -0.39 is 16.3 Å². The number of hydrogen-bond donors (Lipinski definition) is 3. The van der Waals surface area contributed by atoms with Gasteiger partial charge in [-0.05, 0) is 6.07 Å². The zero-order valence-electron chi connectivity index (χ0n) is 11.6. The fourth-order valence-electron chi connectivity index (χ4n) is 2.37. The molecule has 0 bridgehead atoms. The van der Waals surface area contributed by atoms with Gasteiger partial charge in [0.2, 0.25) is 0 Å². The Labute approximate surface area is 121 Å². The standard InChI is InChI=1S/C11H11N7O4/c1-12-6-3-5-7(4-8(6)18(21)22)17(13-2)11(20)16-9(5)14-15-10(16)19/h3-4,12-13H,1-2H3,(H,15,19). The molecule has 3 aromatic rings. The SMILES string of the molecule is CNc1cc2c(cc1[N+](=O)[O-])n(NC)c(=O)n1c(=O)[nH]nc21. The van der Waals surface area contributed by atoms with E-state index in [2.05, 4.69) is 20.9 Å². The van der Waals surface area contributed by atoms with Gasteiger partial charge in [-0.1, -0.05) is 0 Å². The van der Waals surface area contributed by atoms with Crippen molar-refractivity contribution in [1.82, 2.24) is 19.3 Å². The lowest BCUT2D eigenvalue weighted by Crippen LogP contribution is -2.36. The monoisotopic (exact) mass is 305 g/mol. The topological polar surface area (TPSA) is 139 Å². The van der Waals surface area contributed by atoms with Gasteiger partial charge in [0.05, 0.1) is 10.4 Å². The van der Waals surface area contributed by atoms with Gasteiger partial charge >= 0.3 is 11.4 Å². The summed E-state index contributed by atoms with van der Waals surface area (Å²) in [5, 5.41) is 20.3. The second-order valence-corrected chi connectivity index (χ2v) is 4.42. The van der Waals surface area contributed by atoms with Crippen LogP contribution in [0, 0.1) is 10.1 Å². The molecule has 0 atom stereocenters. The summed E-state index contributed by atoms with van der Waals surface area (Å²) in [4.78, 5) is 34.6. The number of nitrogens with one attached hydrogen (secondary N) is 3. The highest BCUT2D eigenvalue weighted by Crippen LogP contribution is 2.30. The predicted molar refractivity (Wildman–Crippen MR) is 79.1 cm³/mol. The molecule has 0 unspecified atom stereocenters. The molecule has 2 aromatic heterocycles.